The highest BCUT2D eigenvalue weighted by molar-refractivity contribution is 5.99. The van der Waals surface area contributed by atoms with Crippen molar-refractivity contribution in [2.45, 2.75) is 19.8 Å². The zero-order chi connectivity index (χ0) is 16.3. The van der Waals surface area contributed by atoms with E-state index in [1.807, 2.05) is 19.0 Å². The average molecular weight is 311 g/mol. The lowest BCUT2D eigenvalue weighted by Crippen LogP contribution is -2.27. The van der Waals surface area contributed by atoms with Crippen LogP contribution in [0.3, 0.4) is 0 Å². The quantitative estimate of drug-likeness (QED) is 0.824. The molecule has 1 amide bonds. The van der Waals surface area contributed by atoms with Crippen molar-refractivity contribution in [3.8, 4) is 0 Å². The highest BCUT2D eigenvalue weighted by Crippen LogP contribution is 2.21. The topological polar surface area (TPSA) is 62.5 Å². The Morgan fingerprint density at radius 1 is 1.45 bits per heavy atom. The molecule has 22 heavy (non-hydrogen) atoms. The third-order valence-electron chi connectivity index (χ3n) is 3.16. The number of carbonyl (C=O) groups is 1. The molecule has 2 rings (SSSR count). The SMILES string of the molecule is Cc1cc(C(F)F)n2ncc(C(=O)NCCCN(C)C)c2n1. The third-order valence-corrected chi connectivity index (χ3v) is 3.16. The van der Waals surface area contributed by atoms with Gasteiger partial charge in [0.05, 0.1) is 6.20 Å². The largest absolute Gasteiger partial charge is 0.352 e. The Kier molecular flexibility index (Phi) is 5.02. The fourth-order valence-electron chi connectivity index (χ4n) is 2.12. The van der Waals surface area contributed by atoms with E-state index in [2.05, 4.69) is 15.4 Å². The lowest BCUT2D eigenvalue weighted by Gasteiger charge is -2.09. The fraction of sp³-hybridized carbons (Fsp3) is 0.500. The normalized spacial score (nSPS) is 11.6. The van der Waals surface area contributed by atoms with Gasteiger partial charge in [0.25, 0.3) is 12.3 Å². The van der Waals surface area contributed by atoms with Crippen LogP contribution in [0.4, 0.5) is 8.78 Å². The molecule has 0 fully saturated rings. The molecule has 2 aromatic heterocycles. The number of hydrogen-bond acceptors (Lipinski definition) is 4. The van der Waals surface area contributed by atoms with Crippen LogP contribution in [0.2, 0.25) is 0 Å². The molecule has 0 spiro atoms. The Balaban J connectivity index is 2.20. The maximum Gasteiger partial charge on any atom is 0.280 e. The van der Waals surface area contributed by atoms with Crippen molar-refractivity contribution in [3.05, 3.63) is 29.2 Å². The average Bonchev–Trinajstić information content (AvgIpc) is 2.85. The summed E-state index contributed by atoms with van der Waals surface area (Å²) in [5, 5.41) is 6.62. The second-order valence-corrected chi connectivity index (χ2v) is 5.33. The zero-order valence-electron chi connectivity index (χ0n) is 12.8. The van der Waals surface area contributed by atoms with Gasteiger partial charge in [-0.25, -0.2) is 18.3 Å². The van der Waals surface area contributed by atoms with Crippen LogP contribution in [0.15, 0.2) is 12.3 Å². The number of hydrogen-bond donors (Lipinski definition) is 1. The molecule has 0 aliphatic heterocycles. The van der Waals surface area contributed by atoms with Crippen molar-refractivity contribution in [2.75, 3.05) is 27.2 Å². The summed E-state index contributed by atoms with van der Waals surface area (Å²) in [6, 6.07) is 1.27. The lowest BCUT2D eigenvalue weighted by molar-refractivity contribution is 0.0953. The molecule has 2 heterocycles. The number of fused-ring (bicyclic) bond motifs is 1. The first-order valence-electron chi connectivity index (χ1n) is 6.96. The van der Waals surface area contributed by atoms with Gasteiger partial charge in [-0.3, -0.25) is 4.79 Å². The molecule has 0 aliphatic rings. The van der Waals surface area contributed by atoms with Crippen molar-refractivity contribution < 1.29 is 13.6 Å². The first-order chi connectivity index (χ1) is 10.4. The van der Waals surface area contributed by atoms with Crippen molar-refractivity contribution in [2.24, 2.45) is 0 Å². The summed E-state index contributed by atoms with van der Waals surface area (Å²) in [6.07, 6.45) is -0.609. The van der Waals surface area contributed by atoms with E-state index in [9.17, 15) is 13.6 Å². The van der Waals surface area contributed by atoms with Crippen LogP contribution in [0.5, 0.6) is 0 Å². The molecule has 1 N–H and O–H groups in total. The molecule has 0 bridgehead atoms. The number of nitrogens with zero attached hydrogens (tertiary/aromatic N) is 4. The third kappa shape index (κ3) is 3.56. The maximum absolute atomic E-state index is 13.0. The molecule has 8 heteroatoms. The van der Waals surface area contributed by atoms with Gasteiger partial charge in [-0.1, -0.05) is 0 Å². The summed E-state index contributed by atoms with van der Waals surface area (Å²) in [7, 11) is 3.90. The zero-order valence-corrected chi connectivity index (χ0v) is 12.8. The summed E-state index contributed by atoms with van der Waals surface area (Å²) in [5.74, 6) is -0.355. The molecule has 0 saturated carbocycles. The minimum absolute atomic E-state index is 0.153. The van der Waals surface area contributed by atoms with Gasteiger partial charge < -0.3 is 10.2 Å². The Labute approximate surface area is 127 Å². The van der Waals surface area contributed by atoms with Gasteiger partial charge in [0.1, 0.15) is 11.3 Å². The van der Waals surface area contributed by atoms with Crippen molar-refractivity contribution in [3.63, 3.8) is 0 Å². The van der Waals surface area contributed by atoms with Crippen LogP contribution >= 0.6 is 0 Å². The van der Waals surface area contributed by atoms with Crippen molar-refractivity contribution in [1.29, 1.82) is 0 Å². The van der Waals surface area contributed by atoms with Crippen LogP contribution < -0.4 is 5.32 Å². The van der Waals surface area contributed by atoms with Gasteiger partial charge in [-0.15, -0.1) is 0 Å². The molecular formula is C14H19F2N5O. The molecule has 2 aromatic rings. The van der Waals surface area contributed by atoms with Crippen molar-refractivity contribution in [1.82, 2.24) is 24.8 Å². The van der Waals surface area contributed by atoms with E-state index in [1.54, 1.807) is 6.92 Å². The van der Waals surface area contributed by atoms with Crippen LogP contribution in [0.25, 0.3) is 5.65 Å². The number of nitrogens with one attached hydrogen (secondary N) is 1. The second-order valence-electron chi connectivity index (χ2n) is 5.33. The summed E-state index contributed by atoms with van der Waals surface area (Å²) in [6.45, 7) is 2.96. The van der Waals surface area contributed by atoms with Crippen molar-refractivity contribution >= 4 is 11.6 Å². The van der Waals surface area contributed by atoms with Gasteiger partial charge in [0.2, 0.25) is 0 Å². The van der Waals surface area contributed by atoms with Gasteiger partial charge in [0, 0.05) is 12.2 Å². The Hall–Kier alpha value is -2.09. The minimum atomic E-state index is -2.68. The second kappa shape index (κ2) is 6.78. The lowest BCUT2D eigenvalue weighted by atomic mass is 10.2. The van der Waals surface area contributed by atoms with E-state index in [-0.39, 0.29) is 22.8 Å². The van der Waals surface area contributed by atoms with E-state index in [1.165, 1.54) is 12.3 Å². The standard InChI is InChI=1S/C14H19F2N5O/c1-9-7-11(12(15)16)21-13(19-9)10(8-18-21)14(22)17-5-4-6-20(2)3/h7-8,12H,4-6H2,1-3H3,(H,17,22). The molecular weight excluding hydrogens is 292 g/mol. The first-order valence-corrected chi connectivity index (χ1v) is 6.96. The van der Waals surface area contributed by atoms with Gasteiger partial charge in [-0.05, 0) is 40.1 Å². The Morgan fingerprint density at radius 3 is 2.82 bits per heavy atom. The monoisotopic (exact) mass is 311 g/mol. The highest BCUT2D eigenvalue weighted by atomic mass is 19.3. The molecule has 0 aromatic carbocycles. The number of aromatic nitrogens is 3. The van der Waals surface area contributed by atoms with E-state index in [0.717, 1.165) is 17.5 Å². The Bertz CT molecular complexity index is 669. The number of alkyl halides is 2. The van der Waals surface area contributed by atoms with Crippen LogP contribution in [-0.4, -0.2) is 52.6 Å². The van der Waals surface area contributed by atoms with E-state index in [0.29, 0.717) is 12.2 Å². The van der Waals surface area contributed by atoms with Crippen LogP contribution in [0.1, 0.15) is 34.6 Å². The smallest absolute Gasteiger partial charge is 0.280 e. The summed E-state index contributed by atoms with van der Waals surface area (Å²) in [4.78, 5) is 18.3. The molecule has 0 unspecified atom stereocenters. The predicted molar refractivity (Wildman–Crippen MR) is 78.2 cm³/mol. The number of carbonyl (C=O) groups excluding carboxylic acids is 1. The Morgan fingerprint density at radius 2 is 2.18 bits per heavy atom. The predicted octanol–water partition coefficient (Wildman–Crippen LogP) is 1.66. The number of amides is 1. The maximum atomic E-state index is 13.0. The van der Waals surface area contributed by atoms with Gasteiger partial charge in [0.15, 0.2) is 5.65 Å². The summed E-state index contributed by atoms with van der Waals surface area (Å²) >= 11 is 0. The van der Waals surface area contributed by atoms with E-state index in [4.69, 9.17) is 0 Å². The molecule has 0 saturated heterocycles. The molecule has 6 nitrogen and oxygen atoms in total. The minimum Gasteiger partial charge on any atom is -0.352 e. The van der Waals surface area contributed by atoms with Gasteiger partial charge in [-0.2, -0.15) is 5.10 Å². The molecule has 0 radical (unpaired) electrons. The van der Waals surface area contributed by atoms with E-state index >= 15 is 0 Å². The summed E-state index contributed by atoms with van der Waals surface area (Å²) < 4.78 is 27.1. The molecule has 120 valence electrons. The molecule has 0 atom stereocenters. The van der Waals surface area contributed by atoms with Crippen LogP contribution in [-0.2, 0) is 0 Å². The molecule has 0 aliphatic carbocycles. The number of rotatable bonds is 6. The van der Waals surface area contributed by atoms with E-state index < -0.39 is 6.43 Å². The highest BCUT2D eigenvalue weighted by Gasteiger charge is 2.19. The number of aryl methyl sites for hydroxylation is 1. The first kappa shape index (κ1) is 16.3. The van der Waals surface area contributed by atoms with Crippen LogP contribution in [0, 0.1) is 6.92 Å². The van der Waals surface area contributed by atoms with Gasteiger partial charge >= 0.3 is 0 Å². The summed E-state index contributed by atoms with van der Waals surface area (Å²) in [5.41, 5.74) is 0.509. The number of halogens is 2. The fourth-order valence-corrected chi connectivity index (χ4v) is 2.12.